The van der Waals surface area contributed by atoms with Crippen molar-refractivity contribution in [3.05, 3.63) is 64.4 Å². The van der Waals surface area contributed by atoms with Gasteiger partial charge in [0.25, 0.3) is 0 Å². The van der Waals surface area contributed by atoms with E-state index in [1.807, 2.05) is 34.2 Å². The normalized spacial score (nSPS) is 18.1. The highest BCUT2D eigenvalue weighted by atomic mass is 35.5. The fourth-order valence-electron chi connectivity index (χ4n) is 3.16. The lowest BCUT2D eigenvalue weighted by Crippen LogP contribution is -2.44. The van der Waals surface area contributed by atoms with E-state index in [2.05, 4.69) is 22.0 Å². The van der Waals surface area contributed by atoms with Gasteiger partial charge in [-0.1, -0.05) is 41.9 Å². The molecular formula is C20H20ClN3O3S. The summed E-state index contributed by atoms with van der Waals surface area (Å²) in [5.74, 6) is -0.426. The number of esters is 1. The van der Waals surface area contributed by atoms with Crippen LogP contribution in [0.3, 0.4) is 0 Å². The maximum atomic E-state index is 12.1. The van der Waals surface area contributed by atoms with Crippen molar-refractivity contribution in [3.8, 4) is 0 Å². The molecule has 0 spiro atoms. The average molecular weight is 418 g/mol. The van der Waals surface area contributed by atoms with Crippen LogP contribution >= 0.6 is 22.9 Å². The first kappa shape index (κ1) is 19.1. The molecular weight excluding hydrogens is 398 g/mol. The number of morpholine rings is 1. The van der Waals surface area contributed by atoms with Gasteiger partial charge in [0.1, 0.15) is 12.7 Å². The van der Waals surface area contributed by atoms with Crippen LogP contribution in [0.25, 0.3) is 11.0 Å². The number of halogens is 1. The van der Waals surface area contributed by atoms with Crippen LogP contribution < -0.4 is 0 Å². The summed E-state index contributed by atoms with van der Waals surface area (Å²) in [6.07, 6.45) is 4.73. The van der Waals surface area contributed by atoms with Crippen LogP contribution in [0, 0.1) is 0 Å². The van der Waals surface area contributed by atoms with E-state index in [0.717, 1.165) is 24.6 Å². The number of hydrogen-bond acceptors (Lipinski definition) is 6. The van der Waals surface area contributed by atoms with Gasteiger partial charge in [0.15, 0.2) is 10.1 Å². The molecule has 146 valence electrons. The zero-order chi connectivity index (χ0) is 19.3. The summed E-state index contributed by atoms with van der Waals surface area (Å²) in [4.78, 5) is 19.4. The first-order valence-electron chi connectivity index (χ1n) is 9.03. The Labute approximate surface area is 172 Å². The lowest BCUT2D eigenvalue weighted by molar-refractivity contribution is -0.144. The third kappa shape index (κ3) is 4.62. The van der Waals surface area contributed by atoms with Crippen molar-refractivity contribution in [3.63, 3.8) is 0 Å². The number of thiazole rings is 1. The van der Waals surface area contributed by atoms with Crippen molar-refractivity contribution < 1.29 is 14.3 Å². The van der Waals surface area contributed by atoms with Gasteiger partial charge in [-0.25, -0.2) is 9.78 Å². The quantitative estimate of drug-likeness (QED) is 0.454. The summed E-state index contributed by atoms with van der Waals surface area (Å²) in [5.41, 5.74) is 1.93. The molecule has 4 rings (SSSR count). The molecule has 28 heavy (non-hydrogen) atoms. The van der Waals surface area contributed by atoms with Crippen LogP contribution in [0.5, 0.6) is 0 Å². The topological polar surface area (TPSA) is 56.1 Å². The van der Waals surface area contributed by atoms with E-state index >= 15 is 0 Å². The van der Waals surface area contributed by atoms with E-state index in [1.165, 1.54) is 23.0 Å². The van der Waals surface area contributed by atoms with Gasteiger partial charge < -0.3 is 9.47 Å². The van der Waals surface area contributed by atoms with Crippen LogP contribution in [0.1, 0.15) is 11.3 Å². The maximum Gasteiger partial charge on any atom is 0.330 e. The van der Waals surface area contributed by atoms with Crippen molar-refractivity contribution in [1.82, 2.24) is 14.3 Å². The van der Waals surface area contributed by atoms with Gasteiger partial charge in [0.05, 0.1) is 12.3 Å². The summed E-state index contributed by atoms with van der Waals surface area (Å²) in [6.45, 7) is 3.32. The fourth-order valence-corrected chi connectivity index (χ4v) is 4.17. The Morgan fingerprint density at radius 3 is 3.11 bits per heavy atom. The number of carbonyl (C=O) groups excluding carboxylic acids is 1. The number of imidazole rings is 1. The smallest absolute Gasteiger partial charge is 0.330 e. The summed E-state index contributed by atoms with van der Waals surface area (Å²) in [7, 11) is 0. The van der Waals surface area contributed by atoms with Gasteiger partial charge in [-0.15, -0.1) is 11.3 Å². The Kier molecular flexibility index (Phi) is 6.07. The molecule has 1 aliphatic heterocycles. The summed E-state index contributed by atoms with van der Waals surface area (Å²) >= 11 is 7.60. The van der Waals surface area contributed by atoms with Gasteiger partial charge >= 0.3 is 5.97 Å². The molecule has 1 saturated heterocycles. The predicted octanol–water partition coefficient (Wildman–Crippen LogP) is 3.51. The van der Waals surface area contributed by atoms with Crippen LogP contribution in [0.4, 0.5) is 0 Å². The van der Waals surface area contributed by atoms with Crippen molar-refractivity contribution in [2.24, 2.45) is 0 Å². The number of nitrogens with zero attached hydrogens (tertiary/aromatic N) is 3. The Morgan fingerprint density at radius 2 is 2.25 bits per heavy atom. The third-order valence-electron chi connectivity index (χ3n) is 4.51. The second kappa shape index (κ2) is 8.87. The highest BCUT2D eigenvalue weighted by Gasteiger charge is 2.21. The van der Waals surface area contributed by atoms with E-state index < -0.39 is 5.97 Å². The highest BCUT2D eigenvalue weighted by molar-refractivity contribution is 7.15. The highest BCUT2D eigenvalue weighted by Crippen LogP contribution is 2.22. The van der Waals surface area contributed by atoms with Crippen LogP contribution in [0.15, 0.2) is 48.0 Å². The van der Waals surface area contributed by atoms with Gasteiger partial charge in [-0.3, -0.25) is 9.30 Å². The molecule has 0 amide bonds. The number of carbonyl (C=O) groups is 1. The molecule has 0 aliphatic carbocycles. The average Bonchev–Trinajstić information content (AvgIpc) is 3.26. The molecule has 0 saturated carbocycles. The standard InChI is InChI=1S/C20H20ClN3O3S/c21-19-17(24-9-11-28-20(24)22-19)6-7-18(25)27-14-16-13-23(8-10-26-16)12-15-4-2-1-3-5-15/h1-7,9,11,16H,8,10,12-14H2. The Bertz CT molecular complexity index is 970. The van der Waals surface area contributed by atoms with Crippen LogP contribution in [-0.2, 0) is 20.8 Å². The lowest BCUT2D eigenvalue weighted by Gasteiger charge is -2.32. The molecule has 2 aromatic heterocycles. The molecule has 1 unspecified atom stereocenters. The number of fused-ring (bicyclic) bond motifs is 1. The first-order chi connectivity index (χ1) is 13.7. The van der Waals surface area contributed by atoms with Gasteiger partial charge in [0.2, 0.25) is 0 Å². The molecule has 0 bridgehead atoms. The van der Waals surface area contributed by atoms with E-state index in [4.69, 9.17) is 21.1 Å². The molecule has 3 heterocycles. The maximum absolute atomic E-state index is 12.1. The van der Waals surface area contributed by atoms with Crippen molar-refractivity contribution in [1.29, 1.82) is 0 Å². The SMILES string of the molecule is O=C(C=Cc1c(Cl)nc2sccn12)OCC1CN(Cc2ccccc2)CCO1. The number of rotatable bonds is 6. The second-order valence-electron chi connectivity index (χ2n) is 6.52. The summed E-state index contributed by atoms with van der Waals surface area (Å²) in [5, 5.41) is 2.28. The fraction of sp³-hybridized carbons (Fsp3) is 0.300. The van der Waals surface area contributed by atoms with E-state index in [9.17, 15) is 4.79 Å². The second-order valence-corrected chi connectivity index (χ2v) is 7.75. The minimum Gasteiger partial charge on any atom is -0.460 e. The predicted molar refractivity (Wildman–Crippen MR) is 110 cm³/mol. The minimum absolute atomic E-state index is 0.128. The van der Waals surface area contributed by atoms with Gasteiger partial charge in [0, 0.05) is 37.3 Å². The molecule has 1 atom stereocenters. The molecule has 8 heteroatoms. The lowest BCUT2D eigenvalue weighted by atomic mass is 10.2. The largest absolute Gasteiger partial charge is 0.460 e. The molecule has 1 aromatic carbocycles. The molecule has 3 aromatic rings. The number of hydrogen-bond donors (Lipinski definition) is 0. The van der Waals surface area contributed by atoms with Crippen molar-refractivity contribution in [2.75, 3.05) is 26.3 Å². The van der Waals surface area contributed by atoms with E-state index in [-0.39, 0.29) is 12.7 Å². The van der Waals surface area contributed by atoms with Crippen LogP contribution in [-0.4, -0.2) is 52.7 Å². The summed E-state index contributed by atoms with van der Waals surface area (Å²) < 4.78 is 12.9. The third-order valence-corrected chi connectivity index (χ3v) is 5.55. The van der Waals surface area contributed by atoms with Crippen molar-refractivity contribution >= 4 is 39.9 Å². The van der Waals surface area contributed by atoms with E-state index in [1.54, 1.807) is 6.08 Å². The monoisotopic (exact) mass is 417 g/mol. The molecule has 0 radical (unpaired) electrons. The number of ether oxygens (including phenoxy) is 2. The molecule has 1 aliphatic rings. The number of benzene rings is 1. The van der Waals surface area contributed by atoms with Crippen LogP contribution in [0.2, 0.25) is 5.15 Å². The zero-order valence-corrected chi connectivity index (χ0v) is 16.7. The Balaban J connectivity index is 1.28. The summed E-state index contributed by atoms with van der Waals surface area (Å²) in [6, 6.07) is 10.3. The van der Waals surface area contributed by atoms with E-state index in [0.29, 0.717) is 17.5 Å². The Morgan fingerprint density at radius 1 is 1.39 bits per heavy atom. The zero-order valence-electron chi connectivity index (χ0n) is 15.2. The minimum atomic E-state index is -0.426. The molecule has 1 fully saturated rings. The first-order valence-corrected chi connectivity index (χ1v) is 10.3. The van der Waals surface area contributed by atoms with Gasteiger partial charge in [-0.05, 0) is 11.6 Å². The molecule has 6 nitrogen and oxygen atoms in total. The van der Waals surface area contributed by atoms with Crippen molar-refractivity contribution in [2.45, 2.75) is 12.6 Å². The molecule has 0 N–H and O–H groups in total. The van der Waals surface area contributed by atoms with Gasteiger partial charge in [-0.2, -0.15) is 0 Å². The number of aromatic nitrogens is 2. The Hall–Kier alpha value is -2.19.